The van der Waals surface area contributed by atoms with E-state index in [1.807, 2.05) is 62.4 Å². The van der Waals surface area contributed by atoms with Gasteiger partial charge in [0.05, 0.1) is 26.9 Å². The summed E-state index contributed by atoms with van der Waals surface area (Å²) in [5.41, 5.74) is 2.13. The summed E-state index contributed by atoms with van der Waals surface area (Å²) >= 11 is 0. The van der Waals surface area contributed by atoms with Gasteiger partial charge in [-0.25, -0.2) is 4.99 Å². The van der Waals surface area contributed by atoms with E-state index in [2.05, 4.69) is 15.6 Å². The van der Waals surface area contributed by atoms with Gasteiger partial charge in [-0.05, 0) is 37.1 Å². The number of nitrogens with zero attached hydrogens (tertiary/aromatic N) is 1. The molecule has 0 aliphatic heterocycles. The second-order valence-electron chi connectivity index (χ2n) is 6.28. The number of nitrogens with one attached hydrogen (secondary N) is 2. The maximum atomic E-state index is 9.73. The zero-order valence-electron chi connectivity index (χ0n) is 17.4. The van der Waals surface area contributed by atoms with Gasteiger partial charge in [0.25, 0.3) is 0 Å². The van der Waals surface area contributed by atoms with E-state index in [0.29, 0.717) is 31.4 Å². The summed E-state index contributed by atoms with van der Waals surface area (Å²) in [6.45, 7) is 6.50. The first-order valence-electron chi connectivity index (χ1n) is 9.69. The van der Waals surface area contributed by atoms with Crippen LogP contribution in [0.2, 0.25) is 0 Å². The predicted octanol–water partition coefficient (Wildman–Crippen LogP) is 3.54. The summed E-state index contributed by atoms with van der Waals surface area (Å²) in [7, 11) is 1.63. The zero-order valence-corrected chi connectivity index (χ0v) is 19.7. The first-order chi connectivity index (χ1) is 13.7. The molecule has 29 heavy (non-hydrogen) atoms. The van der Waals surface area contributed by atoms with Crippen molar-refractivity contribution in [3.8, 4) is 11.5 Å². The highest BCUT2D eigenvalue weighted by atomic mass is 127. The molecule has 2 rings (SSSR count). The van der Waals surface area contributed by atoms with E-state index in [-0.39, 0.29) is 36.5 Å². The second-order valence-corrected chi connectivity index (χ2v) is 6.28. The number of rotatable bonds is 10. The molecular formula is C22H32IN3O3. The number of hydrogen-bond donors (Lipinski definition) is 3. The van der Waals surface area contributed by atoms with Crippen LogP contribution in [0.4, 0.5) is 0 Å². The largest absolute Gasteiger partial charge is 0.493 e. The van der Waals surface area contributed by atoms with E-state index in [0.717, 1.165) is 23.4 Å². The Labute approximate surface area is 190 Å². The van der Waals surface area contributed by atoms with Crippen LogP contribution >= 0.6 is 24.0 Å². The van der Waals surface area contributed by atoms with Crippen LogP contribution in [0.3, 0.4) is 0 Å². The third kappa shape index (κ3) is 8.10. The molecule has 0 saturated carbocycles. The third-order valence-corrected chi connectivity index (χ3v) is 4.30. The molecule has 0 aliphatic carbocycles. The van der Waals surface area contributed by atoms with E-state index in [1.165, 1.54) is 0 Å². The van der Waals surface area contributed by atoms with Crippen LogP contribution in [0.25, 0.3) is 0 Å². The van der Waals surface area contributed by atoms with Gasteiger partial charge >= 0.3 is 0 Å². The van der Waals surface area contributed by atoms with Gasteiger partial charge in [0.15, 0.2) is 17.5 Å². The molecule has 0 amide bonds. The highest BCUT2D eigenvalue weighted by Gasteiger charge is 2.11. The molecule has 0 bridgehead atoms. The number of guanidine groups is 1. The molecule has 0 aromatic heterocycles. The summed E-state index contributed by atoms with van der Waals surface area (Å²) in [6.07, 6.45) is 0. The van der Waals surface area contributed by atoms with Crippen molar-refractivity contribution in [2.75, 3.05) is 33.4 Å². The van der Waals surface area contributed by atoms with E-state index in [9.17, 15) is 5.11 Å². The molecule has 6 nitrogen and oxygen atoms in total. The molecule has 0 fully saturated rings. The van der Waals surface area contributed by atoms with Crippen LogP contribution in [-0.4, -0.2) is 44.5 Å². The summed E-state index contributed by atoms with van der Waals surface area (Å²) in [4.78, 5) is 4.65. The van der Waals surface area contributed by atoms with Crippen molar-refractivity contribution >= 4 is 29.9 Å². The highest BCUT2D eigenvalue weighted by Crippen LogP contribution is 2.28. The maximum Gasteiger partial charge on any atom is 0.191 e. The van der Waals surface area contributed by atoms with Crippen molar-refractivity contribution in [3.63, 3.8) is 0 Å². The van der Waals surface area contributed by atoms with Gasteiger partial charge in [-0.15, -0.1) is 24.0 Å². The standard InChI is InChI=1S/C22H31N3O3.HI/c1-4-23-22(25-15-19(16-26)18-9-7-6-8-10-18)24-14-17-11-12-20(28-5-2)21(13-17)27-3;/h6-13,19,26H,4-5,14-16H2,1-3H3,(H2,23,24,25);1H. The molecule has 2 aromatic carbocycles. The third-order valence-electron chi connectivity index (χ3n) is 4.30. The average Bonchev–Trinajstić information content (AvgIpc) is 2.74. The number of aliphatic imine (C=N–C) groups is 1. The molecule has 0 saturated heterocycles. The molecule has 0 heterocycles. The Morgan fingerprint density at radius 2 is 1.83 bits per heavy atom. The number of ether oxygens (including phenoxy) is 2. The van der Waals surface area contributed by atoms with Crippen molar-refractivity contribution in [1.29, 1.82) is 0 Å². The van der Waals surface area contributed by atoms with Gasteiger partial charge in [-0.1, -0.05) is 36.4 Å². The minimum atomic E-state index is 0. The number of benzene rings is 2. The molecule has 160 valence electrons. The number of aliphatic hydroxyl groups is 1. The quantitative estimate of drug-likeness (QED) is 0.258. The van der Waals surface area contributed by atoms with Gasteiger partial charge < -0.3 is 25.2 Å². The molecule has 1 atom stereocenters. The summed E-state index contributed by atoms with van der Waals surface area (Å²) in [6, 6.07) is 15.8. The van der Waals surface area contributed by atoms with Crippen LogP contribution in [-0.2, 0) is 6.54 Å². The van der Waals surface area contributed by atoms with Crippen LogP contribution in [0.1, 0.15) is 30.9 Å². The van der Waals surface area contributed by atoms with Crippen molar-refractivity contribution < 1.29 is 14.6 Å². The average molecular weight is 513 g/mol. The molecule has 0 spiro atoms. The van der Waals surface area contributed by atoms with Gasteiger partial charge in [0.1, 0.15) is 0 Å². The van der Waals surface area contributed by atoms with Crippen LogP contribution in [0.15, 0.2) is 53.5 Å². The number of halogens is 1. The van der Waals surface area contributed by atoms with E-state index < -0.39 is 0 Å². The molecule has 2 aromatic rings. The Kier molecular flexibility index (Phi) is 12.1. The lowest BCUT2D eigenvalue weighted by molar-refractivity contribution is 0.265. The van der Waals surface area contributed by atoms with E-state index in [4.69, 9.17) is 9.47 Å². The van der Waals surface area contributed by atoms with Crippen LogP contribution in [0, 0.1) is 0 Å². The molecule has 7 heteroatoms. The molecule has 0 aliphatic rings. The minimum absolute atomic E-state index is 0. The second kappa shape index (κ2) is 14.1. The van der Waals surface area contributed by atoms with Crippen LogP contribution in [0.5, 0.6) is 11.5 Å². The number of hydrogen-bond acceptors (Lipinski definition) is 4. The topological polar surface area (TPSA) is 75.1 Å². The maximum absolute atomic E-state index is 9.73. The fourth-order valence-corrected chi connectivity index (χ4v) is 2.83. The van der Waals surface area contributed by atoms with Crippen molar-refractivity contribution in [3.05, 3.63) is 59.7 Å². The summed E-state index contributed by atoms with van der Waals surface area (Å²) in [5, 5.41) is 16.3. The number of aliphatic hydroxyl groups excluding tert-OH is 1. The van der Waals surface area contributed by atoms with Gasteiger partial charge in [-0.3, -0.25) is 0 Å². The first-order valence-corrected chi connectivity index (χ1v) is 9.69. The van der Waals surface area contributed by atoms with Crippen molar-refractivity contribution in [1.82, 2.24) is 10.6 Å². The Hall–Kier alpha value is -2.00. The van der Waals surface area contributed by atoms with Gasteiger partial charge in [0, 0.05) is 19.0 Å². The monoisotopic (exact) mass is 513 g/mol. The molecular weight excluding hydrogens is 481 g/mol. The normalized spacial score (nSPS) is 11.9. The highest BCUT2D eigenvalue weighted by molar-refractivity contribution is 14.0. The van der Waals surface area contributed by atoms with E-state index >= 15 is 0 Å². The lowest BCUT2D eigenvalue weighted by Gasteiger charge is -2.18. The molecule has 3 N–H and O–H groups in total. The SMILES string of the molecule is CCNC(=NCc1ccc(OCC)c(OC)c1)NCC(CO)c1ccccc1.I. The predicted molar refractivity (Wildman–Crippen MR) is 129 cm³/mol. The number of methoxy groups -OCH3 is 1. The smallest absolute Gasteiger partial charge is 0.191 e. The van der Waals surface area contributed by atoms with Gasteiger partial charge in [0.2, 0.25) is 0 Å². The Bertz CT molecular complexity index is 741. The zero-order chi connectivity index (χ0) is 20.2. The van der Waals surface area contributed by atoms with Crippen LogP contribution < -0.4 is 20.1 Å². The summed E-state index contributed by atoms with van der Waals surface area (Å²) < 4.78 is 11.0. The lowest BCUT2D eigenvalue weighted by atomic mass is 10.0. The summed E-state index contributed by atoms with van der Waals surface area (Å²) in [5.74, 6) is 2.16. The Balaban J connectivity index is 0.00000420. The van der Waals surface area contributed by atoms with Gasteiger partial charge in [-0.2, -0.15) is 0 Å². The van der Waals surface area contributed by atoms with E-state index in [1.54, 1.807) is 7.11 Å². The fourth-order valence-electron chi connectivity index (χ4n) is 2.83. The fraction of sp³-hybridized carbons (Fsp3) is 0.409. The first kappa shape index (κ1) is 25.0. The Morgan fingerprint density at radius 3 is 2.45 bits per heavy atom. The molecule has 1 unspecified atom stereocenters. The molecule has 0 radical (unpaired) electrons. The minimum Gasteiger partial charge on any atom is -0.493 e. The van der Waals surface area contributed by atoms with Crippen molar-refractivity contribution in [2.24, 2.45) is 4.99 Å². The lowest BCUT2D eigenvalue weighted by Crippen LogP contribution is -2.39. The van der Waals surface area contributed by atoms with Crippen molar-refractivity contribution in [2.45, 2.75) is 26.3 Å². The Morgan fingerprint density at radius 1 is 1.07 bits per heavy atom.